The normalized spacial score (nSPS) is 14.6. The van der Waals surface area contributed by atoms with Crippen molar-refractivity contribution in [3.05, 3.63) is 83.2 Å². The Bertz CT molecular complexity index is 1260. The number of fused-ring (bicyclic) bond motifs is 1. The van der Waals surface area contributed by atoms with E-state index in [1.54, 1.807) is 6.07 Å². The number of methoxy groups -OCH3 is 1. The Morgan fingerprint density at radius 2 is 1.71 bits per heavy atom. The van der Waals surface area contributed by atoms with Crippen molar-refractivity contribution in [1.29, 1.82) is 0 Å². The van der Waals surface area contributed by atoms with E-state index in [9.17, 15) is 17.6 Å². The average Bonchev–Trinajstić information content (AvgIpc) is 2.76. The van der Waals surface area contributed by atoms with E-state index in [0.29, 0.717) is 11.3 Å². The molecule has 178 valence electrons. The molecule has 1 N–H and O–H groups in total. The third-order valence-electron chi connectivity index (χ3n) is 5.74. The number of rotatable bonds is 5. The lowest BCUT2D eigenvalue weighted by Gasteiger charge is -2.33. The second kappa shape index (κ2) is 8.70. The van der Waals surface area contributed by atoms with Crippen molar-refractivity contribution in [2.75, 3.05) is 12.4 Å². The molecule has 0 aliphatic carbocycles. The van der Waals surface area contributed by atoms with E-state index in [1.165, 1.54) is 31.4 Å². The molecule has 0 spiro atoms. The summed E-state index contributed by atoms with van der Waals surface area (Å²) in [5.41, 5.74) is 3.91. The molecule has 4 rings (SSSR count). The van der Waals surface area contributed by atoms with Gasteiger partial charge in [0.05, 0.1) is 18.2 Å². The molecule has 7 heteroatoms. The number of alkyl halides is 3. The average molecular weight is 471 g/mol. The summed E-state index contributed by atoms with van der Waals surface area (Å²) in [5, 5.41) is 3.48. The van der Waals surface area contributed by atoms with Gasteiger partial charge in [-0.3, -0.25) is 0 Å². The minimum Gasteiger partial charge on any atom is -0.496 e. The summed E-state index contributed by atoms with van der Waals surface area (Å²) >= 11 is 0. The van der Waals surface area contributed by atoms with Gasteiger partial charge in [-0.25, -0.2) is 4.39 Å². The molecule has 34 heavy (non-hydrogen) atoms. The molecule has 0 atom stereocenters. The zero-order valence-electron chi connectivity index (χ0n) is 19.3. The van der Waals surface area contributed by atoms with E-state index in [0.717, 1.165) is 40.1 Å². The van der Waals surface area contributed by atoms with E-state index in [2.05, 4.69) is 25.2 Å². The zero-order chi connectivity index (χ0) is 24.7. The van der Waals surface area contributed by atoms with Gasteiger partial charge in [0.1, 0.15) is 23.9 Å². The Morgan fingerprint density at radius 3 is 2.41 bits per heavy atom. The lowest BCUT2D eigenvalue weighted by molar-refractivity contribution is -0.137. The van der Waals surface area contributed by atoms with E-state index in [1.807, 2.05) is 19.1 Å². The molecule has 0 amide bonds. The smallest absolute Gasteiger partial charge is 0.416 e. The number of allylic oxidation sites excluding steroid dienone is 1. The van der Waals surface area contributed by atoms with Crippen LogP contribution in [0.3, 0.4) is 0 Å². The van der Waals surface area contributed by atoms with E-state index in [4.69, 9.17) is 9.47 Å². The molecule has 1 aliphatic rings. The van der Waals surface area contributed by atoms with Gasteiger partial charge in [0, 0.05) is 28.4 Å². The van der Waals surface area contributed by atoms with Crippen LogP contribution < -0.4 is 14.8 Å². The highest BCUT2D eigenvalue weighted by molar-refractivity contribution is 5.88. The summed E-state index contributed by atoms with van der Waals surface area (Å²) in [6, 6.07) is 12.9. The van der Waals surface area contributed by atoms with E-state index in [-0.39, 0.29) is 17.9 Å². The van der Waals surface area contributed by atoms with E-state index >= 15 is 0 Å². The van der Waals surface area contributed by atoms with Crippen LogP contribution in [0.15, 0.2) is 60.7 Å². The minimum absolute atomic E-state index is 0.00758. The Morgan fingerprint density at radius 1 is 0.971 bits per heavy atom. The van der Waals surface area contributed by atoms with Crippen LogP contribution in [-0.2, 0) is 12.8 Å². The van der Waals surface area contributed by atoms with Gasteiger partial charge in [-0.15, -0.1) is 0 Å². The first kappa shape index (κ1) is 23.7. The van der Waals surface area contributed by atoms with Gasteiger partial charge in [-0.1, -0.05) is 18.2 Å². The molecule has 0 aromatic heterocycles. The van der Waals surface area contributed by atoms with Crippen molar-refractivity contribution in [2.45, 2.75) is 39.1 Å². The fourth-order valence-electron chi connectivity index (χ4n) is 4.41. The Hall–Kier alpha value is -3.48. The maximum absolute atomic E-state index is 13.9. The molecule has 3 aromatic rings. The summed E-state index contributed by atoms with van der Waals surface area (Å²) in [4.78, 5) is 0. The quantitative estimate of drug-likeness (QED) is 0.387. The fraction of sp³-hybridized carbons (Fsp3) is 0.259. The number of nitrogens with one attached hydrogen (secondary N) is 1. The van der Waals surface area contributed by atoms with Crippen LogP contribution in [0.2, 0.25) is 0 Å². The van der Waals surface area contributed by atoms with Crippen molar-refractivity contribution in [3.8, 4) is 22.6 Å². The van der Waals surface area contributed by atoms with Crippen LogP contribution in [0, 0.1) is 5.82 Å². The van der Waals surface area contributed by atoms with Gasteiger partial charge in [-0.05, 0) is 68.3 Å². The third kappa shape index (κ3) is 4.74. The predicted octanol–water partition coefficient (Wildman–Crippen LogP) is 7.71. The van der Waals surface area contributed by atoms with Gasteiger partial charge in [0.15, 0.2) is 0 Å². The number of benzene rings is 3. The summed E-state index contributed by atoms with van der Waals surface area (Å²) < 4.78 is 64.7. The number of hydrogen-bond donors (Lipinski definition) is 1. The van der Waals surface area contributed by atoms with Crippen LogP contribution in [0.5, 0.6) is 11.5 Å². The van der Waals surface area contributed by atoms with Crippen molar-refractivity contribution < 1.29 is 27.0 Å². The zero-order valence-corrected chi connectivity index (χ0v) is 19.3. The SMILES string of the molecule is COc1cc(F)ccc1-c1ccc2c(c1COc1cccc(C(F)(F)F)c1)C(C)=CC(C)(C)N2. The van der Waals surface area contributed by atoms with Crippen molar-refractivity contribution >= 4 is 11.3 Å². The lowest BCUT2D eigenvalue weighted by atomic mass is 9.85. The molecule has 0 fully saturated rings. The number of anilines is 1. The highest BCUT2D eigenvalue weighted by Crippen LogP contribution is 2.43. The molecule has 0 unspecified atom stereocenters. The highest BCUT2D eigenvalue weighted by Gasteiger charge is 2.31. The summed E-state index contributed by atoms with van der Waals surface area (Å²) in [5.74, 6) is 0.0287. The van der Waals surface area contributed by atoms with Crippen LogP contribution in [-0.4, -0.2) is 12.6 Å². The first-order valence-corrected chi connectivity index (χ1v) is 10.8. The Kier molecular flexibility index (Phi) is 6.06. The van der Waals surface area contributed by atoms with Crippen LogP contribution in [0.4, 0.5) is 23.2 Å². The summed E-state index contributed by atoms with van der Waals surface area (Å²) in [6.07, 6.45) is -2.37. The maximum Gasteiger partial charge on any atom is 0.416 e. The molecule has 1 aliphatic heterocycles. The van der Waals surface area contributed by atoms with Gasteiger partial charge in [0.2, 0.25) is 0 Å². The third-order valence-corrected chi connectivity index (χ3v) is 5.74. The van der Waals surface area contributed by atoms with Gasteiger partial charge < -0.3 is 14.8 Å². The molecular formula is C27H25F4NO2. The Balaban J connectivity index is 1.83. The number of halogens is 4. The molecule has 1 heterocycles. The van der Waals surface area contributed by atoms with Crippen molar-refractivity contribution in [1.82, 2.24) is 0 Å². The summed E-state index contributed by atoms with van der Waals surface area (Å²) in [7, 11) is 1.46. The van der Waals surface area contributed by atoms with Crippen LogP contribution in [0.25, 0.3) is 16.7 Å². The molecular weight excluding hydrogens is 446 g/mol. The first-order chi connectivity index (χ1) is 16.0. The van der Waals surface area contributed by atoms with Crippen LogP contribution in [0.1, 0.15) is 37.5 Å². The predicted molar refractivity (Wildman–Crippen MR) is 126 cm³/mol. The van der Waals surface area contributed by atoms with Gasteiger partial charge >= 0.3 is 6.18 Å². The summed E-state index contributed by atoms with van der Waals surface area (Å²) in [6.45, 7) is 6.10. The molecule has 0 radical (unpaired) electrons. The highest BCUT2D eigenvalue weighted by atomic mass is 19.4. The lowest BCUT2D eigenvalue weighted by Crippen LogP contribution is -2.32. The molecule has 0 saturated carbocycles. The van der Waals surface area contributed by atoms with Gasteiger partial charge in [-0.2, -0.15) is 13.2 Å². The Labute approximate surface area is 196 Å². The minimum atomic E-state index is -4.47. The van der Waals surface area contributed by atoms with Crippen molar-refractivity contribution in [3.63, 3.8) is 0 Å². The second-order valence-corrected chi connectivity index (χ2v) is 8.85. The van der Waals surface area contributed by atoms with E-state index < -0.39 is 17.6 Å². The maximum atomic E-state index is 13.9. The fourth-order valence-corrected chi connectivity index (χ4v) is 4.41. The molecule has 3 nitrogen and oxygen atoms in total. The number of ether oxygens (including phenoxy) is 2. The first-order valence-electron chi connectivity index (χ1n) is 10.8. The van der Waals surface area contributed by atoms with Crippen LogP contribution >= 0.6 is 0 Å². The molecule has 0 bridgehead atoms. The largest absolute Gasteiger partial charge is 0.496 e. The van der Waals surface area contributed by atoms with Gasteiger partial charge in [0.25, 0.3) is 0 Å². The molecule has 3 aromatic carbocycles. The van der Waals surface area contributed by atoms with Crippen molar-refractivity contribution in [2.24, 2.45) is 0 Å². The standard InChI is InChI=1S/C27H25F4NO2/c1-16-14-26(2,3)32-23-11-10-20(21-9-8-18(28)13-24(21)33-4)22(25(16)23)15-34-19-7-5-6-17(12-19)27(29,30)31/h5-14,32H,15H2,1-4H3. The molecule has 0 saturated heterocycles. The number of hydrogen-bond acceptors (Lipinski definition) is 3. The topological polar surface area (TPSA) is 30.5 Å². The second-order valence-electron chi connectivity index (χ2n) is 8.85. The monoisotopic (exact) mass is 471 g/mol.